The average Bonchev–Trinajstić information content (AvgIpc) is 2.68. The Kier molecular flexibility index (Phi) is 4.86. The molecule has 5 heteroatoms. The Balaban J connectivity index is 2.58. The molecule has 0 amide bonds. The second-order valence-electron chi connectivity index (χ2n) is 2.89. The highest BCUT2D eigenvalue weighted by atomic mass is 32.1. The van der Waals surface area contributed by atoms with E-state index in [1.807, 2.05) is 6.20 Å². The van der Waals surface area contributed by atoms with Crippen LogP contribution in [0.25, 0.3) is 0 Å². The first-order valence-electron chi connectivity index (χ1n) is 4.70. The van der Waals surface area contributed by atoms with Gasteiger partial charge in [0.2, 0.25) is 0 Å². The second-order valence-corrected chi connectivity index (χ2v) is 3.98. The lowest BCUT2D eigenvalue weighted by Crippen LogP contribution is -2.26. The summed E-state index contributed by atoms with van der Waals surface area (Å²) in [5.74, 6) is 0. The number of anilines is 1. The molecule has 0 aliphatic carbocycles. The molecule has 0 bridgehead atoms. The van der Waals surface area contributed by atoms with Crippen LogP contribution in [0.15, 0.2) is 6.20 Å². The maximum Gasteiger partial charge on any atom is 0.185 e. The van der Waals surface area contributed by atoms with E-state index in [0.29, 0.717) is 6.54 Å². The standard InChI is InChI=1S/C9H17N3OS/c1-3-12(4-5-13-2)9-11-7-8(6-10)14-9/h7H,3-6,10H2,1-2H3. The molecule has 1 aromatic heterocycles. The molecule has 0 saturated heterocycles. The number of thiazole rings is 1. The maximum atomic E-state index is 5.53. The Bertz CT molecular complexity index is 264. The Morgan fingerprint density at radius 1 is 1.64 bits per heavy atom. The number of ether oxygens (including phenoxy) is 1. The van der Waals surface area contributed by atoms with Crippen LogP contribution in [0.5, 0.6) is 0 Å². The lowest BCUT2D eigenvalue weighted by molar-refractivity contribution is 0.205. The van der Waals surface area contributed by atoms with E-state index < -0.39 is 0 Å². The van der Waals surface area contributed by atoms with E-state index >= 15 is 0 Å². The Morgan fingerprint density at radius 2 is 2.43 bits per heavy atom. The van der Waals surface area contributed by atoms with Gasteiger partial charge in [0.15, 0.2) is 5.13 Å². The van der Waals surface area contributed by atoms with Crippen molar-refractivity contribution in [1.29, 1.82) is 0 Å². The molecule has 0 saturated carbocycles. The number of likely N-dealkylation sites (N-methyl/N-ethyl adjacent to an activating group) is 1. The minimum atomic E-state index is 0.569. The molecule has 2 N–H and O–H groups in total. The molecule has 0 aromatic carbocycles. The van der Waals surface area contributed by atoms with Crippen LogP contribution in [-0.2, 0) is 11.3 Å². The van der Waals surface area contributed by atoms with Crippen molar-refractivity contribution in [3.63, 3.8) is 0 Å². The quantitative estimate of drug-likeness (QED) is 0.771. The fourth-order valence-corrected chi connectivity index (χ4v) is 2.01. The smallest absolute Gasteiger partial charge is 0.185 e. The van der Waals surface area contributed by atoms with Gasteiger partial charge in [-0.2, -0.15) is 0 Å². The van der Waals surface area contributed by atoms with Crippen molar-refractivity contribution < 1.29 is 4.74 Å². The zero-order chi connectivity index (χ0) is 10.4. The van der Waals surface area contributed by atoms with E-state index in [9.17, 15) is 0 Å². The molecule has 0 aliphatic rings. The lowest BCUT2D eigenvalue weighted by atomic mass is 10.5. The second kappa shape index (κ2) is 5.95. The van der Waals surface area contributed by atoms with Crippen LogP contribution >= 0.6 is 11.3 Å². The molecule has 0 atom stereocenters. The van der Waals surface area contributed by atoms with E-state index in [0.717, 1.165) is 29.7 Å². The third kappa shape index (κ3) is 2.94. The molecule has 4 nitrogen and oxygen atoms in total. The Hall–Kier alpha value is -0.650. The van der Waals surface area contributed by atoms with Gasteiger partial charge >= 0.3 is 0 Å². The van der Waals surface area contributed by atoms with Crippen LogP contribution in [0, 0.1) is 0 Å². The van der Waals surface area contributed by atoms with E-state index in [-0.39, 0.29) is 0 Å². The largest absolute Gasteiger partial charge is 0.383 e. The normalized spacial score (nSPS) is 10.5. The van der Waals surface area contributed by atoms with Crippen LogP contribution in [-0.4, -0.2) is 31.8 Å². The van der Waals surface area contributed by atoms with Crippen molar-refractivity contribution >= 4 is 16.5 Å². The minimum Gasteiger partial charge on any atom is -0.383 e. The first-order chi connectivity index (χ1) is 6.81. The first kappa shape index (κ1) is 11.4. The molecule has 0 spiro atoms. The number of methoxy groups -OCH3 is 1. The molecule has 0 fully saturated rings. The summed E-state index contributed by atoms with van der Waals surface area (Å²) in [4.78, 5) is 7.63. The summed E-state index contributed by atoms with van der Waals surface area (Å²) in [7, 11) is 1.71. The van der Waals surface area contributed by atoms with Crippen LogP contribution in [0.4, 0.5) is 5.13 Å². The number of hydrogen-bond acceptors (Lipinski definition) is 5. The van der Waals surface area contributed by atoms with E-state index in [2.05, 4.69) is 16.8 Å². The van der Waals surface area contributed by atoms with Gasteiger partial charge in [0.1, 0.15) is 0 Å². The van der Waals surface area contributed by atoms with Crippen LogP contribution in [0.3, 0.4) is 0 Å². The van der Waals surface area contributed by atoms with Gasteiger partial charge in [0.05, 0.1) is 6.61 Å². The van der Waals surface area contributed by atoms with E-state index in [1.165, 1.54) is 0 Å². The Labute approximate surface area is 88.7 Å². The monoisotopic (exact) mass is 215 g/mol. The average molecular weight is 215 g/mol. The zero-order valence-electron chi connectivity index (χ0n) is 8.69. The molecule has 14 heavy (non-hydrogen) atoms. The van der Waals surface area contributed by atoms with Gasteiger partial charge in [-0.25, -0.2) is 4.98 Å². The molecule has 1 aromatic rings. The summed E-state index contributed by atoms with van der Waals surface area (Å²) in [5, 5.41) is 1.03. The third-order valence-electron chi connectivity index (χ3n) is 1.96. The van der Waals surface area contributed by atoms with E-state index in [1.54, 1.807) is 18.4 Å². The molecule has 80 valence electrons. The highest BCUT2D eigenvalue weighted by Crippen LogP contribution is 2.21. The summed E-state index contributed by atoms with van der Waals surface area (Å²) >= 11 is 1.65. The van der Waals surface area contributed by atoms with Crippen molar-refractivity contribution in [2.75, 3.05) is 31.7 Å². The molecule has 0 radical (unpaired) electrons. The van der Waals surface area contributed by atoms with Gasteiger partial charge in [-0.1, -0.05) is 0 Å². The SMILES string of the molecule is CCN(CCOC)c1ncc(CN)s1. The van der Waals surface area contributed by atoms with Crippen molar-refractivity contribution in [2.45, 2.75) is 13.5 Å². The molecule has 0 aliphatic heterocycles. The molecule has 1 rings (SSSR count). The van der Waals surface area contributed by atoms with Crippen LogP contribution < -0.4 is 10.6 Å². The lowest BCUT2D eigenvalue weighted by Gasteiger charge is -2.18. The summed E-state index contributed by atoms with van der Waals surface area (Å²) in [6.45, 7) is 5.23. The topological polar surface area (TPSA) is 51.4 Å². The van der Waals surface area contributed by atoms with Crippen molar-refractivity contribution in [1.82, 2.24) is 4.98 Å². The van der Waals surface area contributed by atoms with Gasteiger partial charge in [-0.05, 0) is 6.92 Å². The highest BCUT2D eigenvalue weighted by Gasteiger charge is 2.08. The fraction of sp³-hybridized carbons (Fsp3) is 0.667. The third-order valence-corrected chi connectivity index (χ3v) is 3.04. The fourth-order valence-electron chi connectivity index (χ4n) is 1.13. The van der Waals surface area contributed by atoms with Gasteiger partial charge in [0, 0.05) is 37.8 Å². The number of rotatable bonds is 6. The maximum absolute atomic E-state index is 5.53. The van der Waals surface area contributed by atoms with Gasteiger partial charge in [-0.15, -0.1) is 11.3 Å². The zero-order valence-corrected chi connectivity index (χ0v) is 9.51. The predicted octanol–water partition coefficient (Wildman–Crippen LogP) is 1.07. The van der Waals surface area contributed by atoms with Gasteiger partial charge in [0.25, 0.3) is 0 Å². The van der Waals surface area contributed by atoms with Crippen LogP contribution in [0.1, 0.15) is 11.8 Å². The van der Waals surface area contributed by atoms with Crippen molar-refractivity contribution in [3.8, 4) is 0 Å². The van der Waals surface area contributed by atoms with Crippen LogP contribution in [0.2, 0.25) is 0 Å². The molecular formula is C9H17N3OS. The van der Waals surface area contributed by atoms with Gasteiger partial charge < -0.3 is 15.4 Å². The van der Waals surface area contributed by atoms with Gasteiger partial charge in [-0.3, -0.25) is 0 Å². The van der Waals surface area contributed by atoms with Crippen molar-refractivity contribution in [2.24, 2.45) is 5.73 Å². The van der Waals surface area contributed by atoms with Crippen molar-refractivity contribution in [3.05, 3.63) is 11.1 Å². The minimum absolute atomic E-state index is 0.569. The summed E-state index contributed by atoms with van der Waals surface area (Å²) in [6, 6.07) is 0. The Morgan fingerprint density at radius 3 is 2.93 bits per heavy atom. The van der Waals surface area contributed by atoms with E-state index in [4.69, 9.17) is 10.5 Å². The predicted molar refractivity (Wildman–Crippen MR) is 59.8 cm³/mol. The molecule has 0 unspecified atom stereocenters. The highest BCUT2D eigenvalue weighted by molar-refractivity contribution is 7.15. The number of aromatic nitrogens is 1. The summed E-state index contributed by atoms with van der Waals surface area (Å²) in [6.07, 6.45) is 1.84. The molecular weight excluding hydrogens is 198 g/mol. The summed E-state index contributed by atoms with van der Waals surface area (Å²) < 4.78 is 5.04. The number of nitrogens with two attached hydrogens (primary N) is 1. The first-order valence-corrected chi connectivity index (χ1v) is 5.52. The molecule has 1 heterocycles. The number of nitrogens with zero attached hydrogens (tertiary/aromatic N) is 2. The number of hydrogen-bond donors (Lipinski definition) is 1. The summed E-state index contributed by atoms with van der Waals surface area (Å²) in [5.41, 5.74) is 5.53.